The van der Waals surface area contributed by atoms with E-state index in [2.05, 4.69) is 21.6 Å². The van der Waals surface area contributed by atoms with Crippen molar-refractivity contribution in [1.29, 1.82) is 5.26 Å². The molecule has 1 N–H and O–H groups in total. The maximum atomic E-state index is 13.9. The van der Waals surface area contributed by atoms with E-state index in [1.54, 1.807) is 16.7 Å². The summed E-state index contributed by atoms with van der Waals surface area (Å²) in [7, 11) is 0. The monoisotopic (exact) mass is 474 g/mol. The number of anilines is 1. The molecule has 0 radical (unpaired) electrons. The number of carbonyl (C=O) groups is 1. The zero-order chi connectivity index (χ0) is 24.2. The molecule has 0 bridgehead atoms. The number of rotatable bonds is 7. The van der Waals surface area contributed by atoms with Crippen LogP contribution in [0, 0.1) is 31.0 Å². The molecule has 0 atom stereocenters. The minimum absolute atomic E-state index is 0.0736. The van der Waals surface area contributed by atoms with Crippen LogP contribution in [0.25, 0.3) is 17.1 Å². The molecule has 2 heterocycles. The highest BCUT2D eigenvalue weighted by molar-refractivity contribution is 7.99. The normalized spacial score (nSPS) is 10.8. The Morgan fingerprint density at radius 1 is 1.15 bits per heavy atom. The first-order valence-electron chi connectivity index (χ1n) is 10.7. The molecule has 9 heteroatoms. The van der Waals surface area contributed by atoms with Gasteiger partial charge in [-0.1, -0.05) is 48.2 Å². The molecular formula is C25H23FN6OS. The van der Waals surface area contributed by atoms with Crippen molar-refractivity contribution in [2.75, 3.05) is 11.1 Å². The fourth-order valence-electron chi connectivity index (χ4n) is 3.78. The molecule has 172 valence electrons. The van der Waals surface area contributed by atoms with Gasteiger partial charge < -0.3 is 9.88 Å². The van der Waals surface area contributed by atoms with Crippen molar-refractivity contribution < 1.29 is 9.18 Å². The predicted molar refractivity (Wildman–Crippen MR) is 130 cm³/mol. The largest absolute Gasteiger partial charge is 0.310 e. The number of hydrogen-bond donors (Lipinski definition) is 1. The highest BCUT2D eigenvalue weighted by Crippen LogP contribution is 2.31. The van der Waals surface area contributed by atoms with E-state index in [4.69, 9.17) is 0 Å². The summed E-state index contributed by atoms with van der Waals surface area (Å²) >= 11 is 1.27. The quantitative estimate of drug-likeness (QED) is 0.376. The van der Waals surface area contributed by atoms with Crippen LogP contribution in [0.5, 0.6) is 0 Å². The van der Waals surface area contributed by atoms with Crippen LogP contribution in [0.1, 0.15) is 23.7 Å². The number of amides is 1. The molecule has 0 aliphatic heterocycles. The standard InChI is InChI=1S/C25H23FN6OS/c1-4-31-23(18-9-6-5-7-10-18)29-30-25(31)34-15-22(33)28-24-21(14-27)16(2)17(3)32(24)20-12-8-11-19(26)13-20/h5-13H,4,15H2,1-3H3,(H,28,33). The number of benzene rings is 2. The van der Waals surface area contributed by atoms with Crippen LogP contribution in [0.15, 0.2) is 59.8 Å². The number of nitriles is 1. The van der Waals surface area contributed by atoms with Gasteiger partial charge in [-0.05, 0) is 44.5 Å². The van der Waals surface area contributed by atoms with Gasteiger partial charge in [-0.25, -0.2) is 4.39 Å². The van der Waals surface area contributed by atoms with Gasteiger partial charge in [-0.3, -0.25) is 9.36 Å². The number of thioether (sulfide) groups is 1. The maximum absolute atomic E-state index is 13.9. The Hall–Kier alpha value is -3.90. The second-order valence-corrected chi connectivity index (χ2v) is 8.56. The molecule has 1 amide bonds. The van der Waals surface area contributed by atoms with Gasteiger partial charge >= 0.3 is 0 Å². The summed E-state index contributed by atoms with van der Waals surface area (Å²) < 4.78 is 17.5. The molecule has 0 spiro atoms. The van der Waals surface area contributed by atoms with Gasteiger partial charge in [0.25, 0.3) is 0 Å². The number of carbonyl (C=O) groups excluding carboxylic acids is 1. The van der Waals surface area contributed by atoms with Crippen LogP contribution in [0.3, 0.4) is 0 Å². The van der Waals surface area contributed by atoms with Crippen molar-refractivity contribution in [3.05, 3.63) is 77.2 Å². The fourth-order valence-corrected chi connectivity index (χ4v) is 4.58. The lowest BCUT2D eigenvalue weighted by molar-refractivity contribution is -0.113. The van der Waals surface area contributed by atoms with Crippen molar-refractivity contribution >= 4 is 23.5 Å². The number of nitrogens with one attached hydrogen (secondary N) is 1. The molecule has 4 rings (SSSR count). The van der Waals surface area contributed by atoms with Crippen LogP contribution in [0.2, 0.25) is 0 Å². The van der Waals surface area contributed by atoms with E-state index in [9.17, 15) is 14.4 Å². The van der Waals surface area contributed by atoms with Crippen molar-refractivity contribution in [3.63, 3.8) is 0 Å². The zero-order valence-electron chi connectivity index (χ0n) is 19.0. The number of hydrogen-bond acceptors (Lipinski definition) is 5. The van der Waals surface area contributed by atoms with E-state index >= 15 is 0 Å². The fraction of sp³-hybridized carbons (Fsp3) is 0.200. The summed E-state index contributed by atoms with van der Waals surface area (Å²) in [6.07, 6.45) is 0. The lowest BCUT2D eigenvalue weighted by atomic mass is 10.2. The molecule has 0 saturated carbocycles. The molecule has 0 saturated heterocycles. The summed E-state index contributed by atoms with van der Waals surface area (Å²) in [6, 6.07) is 18.0. The maximum Gasteiger partial charge on any atom is 0.236 e. The zero-order valence-corrected chi connectivity index (χ0v) is 19.9. The first-order chi connectivity index (χ1) is 16.4. The summed E-state index contributed by atoms with van der Waals surface area (Å²) in [6.45, 7) is 6.29. The van der Waals surface area contributed by atoms with E-state index in [0.29, 0.717) is 28.8 Å². The molecular weight excluding hydrogens is 451 g/mol. The molecule has 0 unspecified atom stereocenters. The first-order valence-corrected chi connectivity index (χ1v) is 11.7. The Labute approximate surface area is 201 Å². The molecule has 0 aliphatic carbocycles. The molecule has 0 aliphatic rings. The summed E-state index contributed by atoms with van der Waals surface area (Å²) in [5.74, 6) is 0.440. The SMILES string of the molecule is CCn1c(SCC(=O)Nc2c(C#N)c(C)c(C)n2-c2cccc(F)c2)nnc1-c1ccccc1. The van der Waals surface area contributed by atoms with Gasteiger partial charge in [-0.2, -0.15) is 5.26 Å². The second-order valence-electron chi connectivity index (χ2n) is 7.61. The van der Waals surface area contributed by atoms with Gasteiger partial charge in [0.05, 0.1) is 17.0 Å². The van der Waals surface area contributed by atoms with Crippen LogP contribution < -0.4 is 5.32 Å². The van der Waals surface area contributed by atoms with Crippen molar-refractivity contribution in [3.8, 4) is 23.1 Å². The van der Waals surface area contributed by atoms with E-state index in [1.165, 1.54) is 23.9 Å². The molecule has 7 nitrogen and oxygen atoms in total. The lowest BCUT2D eigenvalue weighted by Gasteiger charge is -2.13. The topological polar surface area (TPSA) is 88.5 Å². The van der Waals surface area contributed by atoms with Gasteiger partial charge in [0.15, 0.2) is 11.0 Å². The minimum atomic E-state index is -0.400. The van der Waals surface area contributed by atoms with Crippen LogP contribution in [-0.4, -0.2) is 31.0 Å². The molecule has 4 aromatic rings. The Bertz CT molecular complexity index is 1390. The smallest absolute Gasteiger partial charge is 0.236 e. The van der Waals surface area contributed by atoms with E-state index in [-0.39, 0.29) is 11.7 Å². The van der Waals surface area contributed by atoms with Crippen molar-refractivity contribution in [2.24, 2.45) is 0 Å². The lowest BCUT2D eigenvalue weighted by Crippen LogP contribution is -2.18. The van der Waals surface area contributed by atoms with Gasteiger partial charge in [0, 0.05) is 17.8 Å². The van der Waals surface area contributed by atoms with Crippen LogP contribution in [-0.2, 0) is 11.3 Å². The van der Waals surface area contributed by atoms with E-state index < -0.39 is 5.82 Å². The van der Waals surface area contributed by atoms with Gasteiger partial charge in [0.2, 0.25) is 5.91 Å². The van der Waals surface area contributed by atoms with E-state index in [0.717, 1.165) is 22.6 Å². The average molecular weight is 475 g/mol. The predicted octanol–water partition coefficient (Wildman–Crippen LogP) is 5.11. The molecule has 0 fully saturated rings. The summed E-state index contributed by atoms with van der Waals surface area (Å²) in [5, 5.41) is 21.8. The summed E-state index contributed by atoms with van der Waals surface area (Å²) in [5.41, 5.74) is 3.31. The van der Waals surface area contributed by atoms with Gasteiger partial charge in [-0.15, -0.1) is 10.2 Å². The number of halogens is 1. The molecule has 2 aromatic carbocycles. The minimum Gasteiger partial charge on any atom is -0.310 e. The highest BCUT2D eigenvalue weighted by atomic mass is 32.2. The second kappa shape index (κ2) is 9.93. The Morgan fingerprint density at radius 2 is 1.91 bits per heavy atom. The average Bonchev–Trinajstić information content (AvgIpc) is 3.36. The van der Waals surface area contributed by atoms with Crippen molar-refractivity contribution in [2.45, 2.75) is 32.5 Å². The number of nitrogens with zero attached hydrogens (tertiary/aromatic N) is 5. The Kier molecular flexibility index (Phi) is 6.80. The van der Waals surface area contributed by atoms with E-state index in [1.807, 2.05) is 55.7 Å². The first kappa shape index (κ1) is 23.3. The Morgan fingerprint density at radius 3 is 2.59 bits per heavy atom. The molecule has 34 heavy (non-hydrogen) atoms. The van der Waals surface area contributed by atoms with Crippen molar-refractivity contribution in [1.82, 2.24) is 19.3 Å². The Balaban J connectivity index is 1.57. The third-order valence-corrected chi connectivity index (χ3v) is 6.51. The highest BCUT2D eigenvalue weighted by Gasteiger charge is 2.22. The molecule has 2 aromatic heterocycles. The number of aromatic nitrogens is 4. The summed E-state index contributed by atoms with van der Waals surface area (Å²) in [4.78, 5) is 12.9. The van der Waals surface area contributed by atoms with Gasteiger partial charge in [0.1, 0.15) is 17.7 Å². The third-order valence-electron chi connectivity index (χ3n) is 5.55. The third kappa shape index (κ3) is 4.45. The van der Waals surface area contributed by atoms with Crippen LogP contribution >= 0.6 is 11.8 Å². The van der Waals surface area contributed by atoms with Crippen LogP contribution in [0.4, 0.5) is 10.2 Å².